The Morgan fingerprint density at radius 3 is 2.19 bits per heavy atom. The zero-order valence-electron chi connectivity index (χ0n) is 20.9. The van der Waals surface area contributed by atoms with Gasteiger partial charge >= 0.3 is 0 Å². The Morgan fingerprint density at radius 2 is 1.49 bits per heavy atom. The molecule has 2 aromatic carbocycles. The number of benzene rings is 2. The highest BCUT2D eigenvalue weighted by Gasteiger charge is 2.08. The predicted octanol–water partition coefficient (Wildman–Crippen LogP) is 1.87. The van der Waals surface area contributed by atoms with Crippen LogP contribution in [0.3, 0.4) is 0 Å². The molecule has 6 N–H and O–H groups in total. The molecule has 0 aliphatic carbocycles. The molecule has 0 bridgehead atoms. The van der Waals surface area contributed by atoms with Gasteiger partial charge in [-0.05, 0) is 24.3 Å². The van der Waals surface area contributed by atoms with Crippen LogP contribution in [0.15, 0.2) is 54.6 Å². The molecule has 0 saturated carbocycles. The number of amides is 1. The maximum absolute atomic E-state index is 11.9. The number of methoxy groups -OCH3 is 1. The first-order chi connectivity index (χ1) is 18.2. The summed E-state index contributed by atoms with van der Waals surface area (Å²) >= 11 is 0. The molecule has 198 valence electrons. The summed E-state index contributed by atoms with van der Waals surface area (Å²) in [6, 6.07) is 16.5. The van der Waals surface area contributed by atoms with Crippen LogP contribution < -0.4 is 31.7 Å². The van der Waals surface area contributed by atoms with Crippen LogP contribution in [0.5, 0.6) is 5.75 Å². The van der Waals surface area contributed by atoms with Crippen LogP contribution in [0.1, 0.15) is 10.4 Å². The molecule has 12 heteroatoms. The summed E-state index contributed by atoms with van der Waals surface area (Å²) in [4.78, 5) is 25.1. The van der Waals surface area contributed by atoms with Gasteiger partial charge in [0.25, 0.3) is 5.91 Å². The number of nitrogens with two attached hydrogens (primary N) is 1. The Balaban J connectivity index is 1.35. The molecule has 0 aliphatic rings. The number of anilines is 4. The Kier molecular flexibility index (Phi) is 11.8. The zero-order chi connectivity index (χ0) is 26.1. The lowest BCUT2D eigenvalue weighted by molar-refractivity contribution is 0.0519. The van der Waals surface area contributed by atoms with E-state index < -0.39 is 0 Å². The molecule has 12 nitrogen and oxygen atoms in total. The van der Waals surface area contributed by atoms with Crippen molar-refractivity contribution in [3.63, 3.8) is 0 Å². The second-order valence-corrected chi connectivity index (χ2v) is 7.65. The van der Waals surface area contributed by atoms with Crippen molar-refractivity contribution in [1.82, 2.24) is 20.3 Å². The lowest BCUT2D eigenvalue weighted by Gasteiger charge is -2.12. The maximum Gasteiger partial charge on any atom is 0.251 e. The van der Waals surface area contributed by atoms with Crippen molar-refractivity contribution >= 4 is 29.4 Å². The summed E-state index contributed by atoms with van der Waals surface area (Å²) < 4.78 is 16.3. The molecular weight excluding hydrogens is 476 g/mol. The lowest BCUT2D eigenvalue weighted by Crippen LogP contribution is -2.27. The number of carbonyl (C=O) groups excluding carboxylic acids is 1. The second kappa shape index (κ2) is 15.9. The van der Waals surface area contributed by atoms with E-state index in [9.17, 15) is 4.79 Å². The van der Waals surface area contributed by atoms with Crippen LogP contribution in [0, 0.1) is 0 Å². The van der Waals surface area contributed by atoms with Crippen LogP contribution in [0.4, 0.5) is 23.5 Å². The normalized spacial score (nSPS) is 10.5. The van der Waals surface area contributed by atoms with Crippen molar-refractivity contribution in [2.75, 3.05) is 75.7 Å². The number of ether oxygens (including phenoxy) is 3. The largest absolute Gasteiger partial charge is 0.497 e. The van der Waals surface area contributed by atoms with E-state index in [1.807, 2.05) is 42.5 Å². The van der Waals surface area contributed by atoms with Crippen LogP contribution in [-0.4, -0.2) is 80.6 Å². The summed E-state index contributed by atoms with van der Waals surface area (Å²) in [5.41, 5.74) is 6.99. The molecule has 0 fully saturated rings. The average Bonchev–Trinajstić information content (AvgIpc) is 2.93. The van der Waals surface area contributed by atoms with Crippen molar-refractivity contribution in [3.8, 4) is 5.75 Å². The van der Waals surface area contributed by atoms with Crippen molar-refractivity contribution < 1.29 is 19.0 Å². The van der Waals surface area contributed by atoms with E-state index in [4.69, 9.17) is 19.9 Å². The average molecular weight is 511 g/mol. The molecule has 3 rings (SSSR count). The van der Waals surface area contributed by atoms with E-state index in [-0.39, 0.29) is 5.91 Å². The molecule has 0 unspecified atom stereocenters. The molecule has 0 atom stereocenters. The van der Waals surface area contributed by atoms with Crippen LogP contribution in [0.2, 0.25) is 0 Å². The molecular formula is C25H34N8O4. The van der Waals surface area contributed by atoms with Gasteiger partial charge in [-0.15, -0.1) is 0 Å². The summed E-state index contributed by atoms with van der Waals surface area (Å²) in [5.74, 6) is 1.78. The molecule has 37 heavy (non-hydrogen) atoms. The number of nitrogens with one attached hydrogen (secondary N) is 4. The van der Waals surface area contributed by atoms with Gasteiger partial charge in [0.15, 0.2) is 0 Å². The Labute approximate surface area is 216 Å². The molecule has 0 saturated heterocycles. The zero-order valence-corrected chi connectivity index (χ0v) is 20.9. The standard InChI is InChI=1S/C25H34N8O4/c1-35-21-9-5-8-20(18-21)30-25-32-23(28-11-10-26)31-24(33-25)29-13-15-37-17-16-36-14-12-27-22(34)19-6-3-2-4-7-19/h2-9,18H,10-17,26H2,1H3,(H,27,34)(H3,28,29,30,31,32,33). The van der Waals surface area contributed by atoms with E-state index in [0.717, 1.165) is 11.4 Å². The fourth-order valence-corrected chi connectivity index (χ4v) is 3.09. The van der Waals surface area contributed by atoms with E-state index in [1.165, 1.54) is 0 Å². The van der Waals surface area contributed by atoms with Gasteiger partial charge in [-0.2, -0.15) is 15.0 Å². The van der Waals surface area contributed by atoms with Gasteiger partial charge in [-0.3, -0.25) is 4.79 Å². The Bertz CT molecular complexity index is 1090. The number of hydrogen-bond donors (Lipinski definition) is 5. The summed E-state index contributed by atoms with van der Waals surface area (Å²) in [7, 11) is 1.61. The Hall–Kier alpha value is -4.00. The molecule has 1 heterocycles. The summed E-state index contributed by atoms with van der Waals surface area (Å²) in [6.07, 6.45) is 0. The quantitative estimate of drug-likeness (QED) is 0.169. The van der Waals surface area contributed by atoms with Crippen LogP contribution >= 0.6 is 0 Å². The van der Waals surface area contributed by atoms with E-state index >= 15 is 0 Å². The van der Waals surface area contributed by atoms with Gasteiger partial charge in [0, 0.05) is 43.5 Å². The Morgan fingerprint density at radius 1 is 0.811 bits per heavy atom. The third-order valence-corrected chi connectivity index (χ3v) is 4.86. The molecule has 0 radical (unpaired) electrons. The fraction of sp³-hybridized carbons (Fsp3) is 0.360. The monoisotopic (exact) mass is 510 g/mol. The number of aromatic nitrogens is 3. The highest BCUT2D eigenvalue weighted by atomic mass is 16.5. The third kappa shape index (κ3) is 10.3. The third-order valence-electron chi connectivity index (χ3n) is 4.86. The molecule has 0 spiro atoms. The van der Waals surface area contributed by atoms with Gasteiger partial charge < -0.3 is 41.2 Å². The van der Waals surface area contributed by atoms with Gasteiger partial charge in [-0.25, -0.2) is 0 Å². The minimum absolute atomic E-state index is 0.118. The summed E-state index contributed by atoms with van der Waals surface area (Å²) in [5, 5.41) is 12.2. The SMILES string of the molecule is COc1cccc(Nc2nc(NCCN)nc(NCCOCCOCCNC(=O)c3ccccc3)n2)c1. The smallest absolute Gasteiger partial charge is 0.251 e. The first-order valence-corrected chi connectivity index (χ1v) is 12.0. The predicted molar refractivity (Wildman–Crippen MR) is 143 cm³/mol. The minimum atomic E-state index is -0.118. The van der Waals surface area contributed by atoms with E-state index in [0.29, 0.717) is 76.0 Å². The first-order valence-electron chi connectivity index (χ1n) is 12.0. The van der Waals surface area contributed by atoms with Crippen LogP contribution in [-0.2, 0) is 9.47 Å². The second-order valence-electron chi connectivity index (χ2n) is 7.65. The summed E-state index contributed by atoms with van der Waals surface area (Å²) in [6.45, 7) is 3.60. The van der Waals surface area contributed by atoms with Crippen molar-refractivity contribution in [2.24, 2.45) is 5.73 Å². The first kappa shape index (κ1) is 27.6. The molecule has 3 aromatic rings. The number of nitrogens with zero attached hydrogens (tertiary/aromatic N) is 3. The molecule has 0 aliphatic heterocycles. The van der Waals surface area contributed by atoms with E-state index in [2.05, 4.69) is 36.2 Å². The van der Waals surface area contributed by atoms with Gasteiger partial charge in [0.1, 0.15) is 5.75 Å². The highest BCUT2D eigenvalue weighted by molar-refractivity contribution is 5.94. The van der Waals surface area contributed by atoms with Crippen molar-refractivity contribution in [1.29, 1.82) is 0 Å². The van der Waals surface area contributed by atoms with Crippen molar-refractivity contribution in [3.05, 3.63) is 60.2 Å². The number of carbonyl (C=O) groups is 1. The topological polar surface area (TPSA) is 158 Å². The highest BCUT2D eigenvalue weighted by Crippen LogP contribution is 2.20. The molecule has 1 aromatic heterocycles. The van der Waals surface area contributed by atoms with Crippen LogP contribution in [0.25, 0.3) is 0 Å². The number of rotatable bonds is 17. The maximum atomic E-state index is 11.9. The number of hydrogen-bond acceptors (Lipinski definition) is 11. The van der Waals surface area contributed by atoms with Gasteiger partial charge in [-0.1, -0.05) is 24.3 Å². The fourth-order valence-electron chi connectivity index (χ4n) is 3.09. The minimum Gasteiger partial charge on any atom is -0.497 e. The van der Waals surface area contributed by atoms with Crippen molar-refractivity contribution in [2.45, 2.75) is 0 Å². The van der Waals surface area contributed by atoms with Gasteiger partial charge in [0.2, 0.25) is 17.8 Å². The lowest BCUT2D eigenvalue weighted by atomic mass is 10.2. The van der Waals surface area contributed by atoms with E-state index in [1.54, 1.807) is 19.2 Å². The molecule has 1 amide bonds. The van der Waals surface area contributed by atoms with Gasteiger partial charge in [0.05, 0.1) is 33.5 Å².